The van der Waals surface area contributed by atoms with Crippen LogP contribution in [0.25, 0.3) is 0 Å². The highest BCUT2D eigenvalue weighted by molar-refractivity contribution is 5.60. The van der Waals surface area contributed by atoms with Crippen molar-refractivity contribution < 1.29 is 18.1 Å². The van der Waals surface area contributed by atoms with Crippen LogP contribution < -0.4 is 5.32 Å². The zero-order valence-electron chi connectivity index (χ0n) is 12.5. The SMILES string of the molecule is CCc1nn(C)c(NC2CCCC(C(F)(F)F)C2)c1[N+](=O)[O-]. The fourth-order valence-corrected chi connectivity index (χ4v) is 2.97. The number of rotatable bonds is 4. The lowest BCUT2D eigenvalue weighted by atomic mass is 9.85. The lowest BCUT2D eigenvalue weighted by molar-refractivity contribution is -0.384. The van der Waals surface area contributed by atoms with Gasteiger partial charge >= 0.3 is 11.9 Å². The number of nitrogens with one attached hydrogen (secondary N) is 1. The summed E-state index contributed by atoms with van der Waals surface area (Å²) in [7, 11) is 1.55. The van der Waals surface area contributed by atoms with Crippen LogP contribution in [0.2, 0.25) is 0 Å². The number of anilines is 1. The Morgan fingerprint density at radius 3 is 2.68 bits per heavy atom. The van der Waals surface area contributed by atoms with Gasteiger partial charge in [-0.15, -0.1) is 0 Å². The highest BCUT2D eigenvalue weighted by Gasteiger charge is 2.42. The molecule has 6 nitrogen and oxygen atoms in total. The molecule has 1 aliphatic rings. The minimum Gasteiger partial charge on any atom is -0.362 e. The Morgan fingerprint density at radius 1 is 1.45 bits per heavy atom. The lowest BCUT2D eigenvalue weighted by Gasteiger charge is -2.31. The van der Waals surface area contributed by atoms with Crippen molar-refractivity contribution in [2.45, 2.75) is 51.2 Å². The highest BCUT2D eigenvalue weighted by atomic mass is 19.4. The van der Waals surface area contributed by atoms with Crippen LogP contribution >= 0.6 is 0 Å². The van der Waals surface area contributed by atoms with E-state index < -0.39 is 23.1 Å². The average Bonchev–Trinajstić information content (AvgIpc) is 2.75. The van der Waals surface area contributed by atoms with E-state index in [9.17, 15) is 23.3 Å². The first kappa shape index (κ1) is 16.6. The van der Waals surface area contributed by atoms with Crippen molar-refractivity contribution in [2.75, 3.05) is 5.32 Å². The van der Waals surface area contributed by atoms with E-state index in [4.69, 9.17) is 0 Å². The van der Waals surface area contributed by atoms with Crippen molar-refractivity contribution in [1.82, 2.24) is 9.78 Å². The molecule has 124 valence electrons. The van der Waals surface area contributed by atoms with Crippen molar-refractivity contribution in [3.05, 3.63) is 15.8 Å². The summed E-state index contributed by atoms with van der Waals surface area (Å²) in [6.07, 6.45) is -2.75. The van der Waals surface area contributed by atoms with Crippen LogP contribution in [0, 0.1) is 16.0 Å². The van der Waals surface area contributed by atoms with E-state index in [1.165, 1.54) is 4.68 Å². The molecule has 2 atom stereocenters. The van der Waals surface area contributed by atoms with E-state index in [1.807, 2.05) is 0 Å². The molecule has 1 heterocycles. The van der Waals surface area contributed by atoms with Gasteiger partial charge in [0.05, 0.1) is 10.8 Å². The fourth-order valence-electron chi connectivity index (χ4n) is 2.97. The number of nitrogens with zero attached hydrogens (tertiary/aromatic N) is 3. The summed E-state index contributed by atoms with van der Waals surface area (Å²) in [6.45, 7) is 1.75. The first-order chi connectivity index (χ1) is 10.2. The monoisotopic (exact) mass is 320 g/mol. The van der Waals surface area contributed by atoms with Crippen molar-refractivity contribution in [3.8, 4) is 0 Å². The number of aromatic nitrogens is 2. The van der Waals surface area contributed by atoms with Crippen LogP contribution in [-0.2, 0) is 13.5 Å². The number of aryl methyl sites for hydroxylation is 2. The van der Waals surface area contributed by atoms with E-state index in [2.05, 4.69) is 10.4 Å². The third-order valence-corrected chi connectivity index (χ3v) is 4.09. The molecule has 1 aromatic heterocycles. The van der Waals surface area contributed by atoms with Crippen LogP contribution in [0.1, 0.15) is 38.3 Å². The number of hydrogen-bond acceptors (Lipinski definition) is 4. The number of alkyl halides is 3. The van der Waals surface area contributed by atoms with Crippen LogP contribution in [0.15, 0.2) is 0 Å². The van der Waals surface area contributed by atoms with Crippen molar-refractivity contribution in [3.63, 3.8) is 0 Å². The summed E-state index contributed by atoms with van der Waals surface area (Å²) in [5.74, 6) is -1.16. The van der Waals surface area contributed by atoms with Gasteiger partial charge < -0.3 is 5.32 Å². The van der Waals surface area contributed by atoms with Crippen LogP contribution in [0.4, 0.5) is 24.7 Å². The molecule has 0 bridgehead atoms. The van der Waals surface area contributed by atoms with Gasteiger partial charge in [0.1, 0.15) is 5.69 Å². The van der Waals surface area contributed by atoms with Gasteiger partial charge in [0.2, 0.25) is 5.82 Å². The van der Waals surface area contributed by atoms with Gasteiger partial charge in [-0.25, -0.2) is 4.68 Å². The quantitative estimate of drug-likeness (QED) is 0.681. The minimum atomic E-state index is -4.21. The molecular formula is C13H19F3N4O2. The second kappa shape index (κ2) is 6.13. The van der Waals surface area contributed by atoms with Crippen molar-refractivity contribution in [2.24, 2.45) is 13.0 Å². The fraction of sp³-hybridized carbons (Fsp3) is 0.769. The van der Waals surface area contributed by atoms with Gasteiger partial charge in [-0.05, 0) is 25.7 Å². The number of nitro groups is 1. The molecule has 0 radical (unpaired) electrons. The van der Waals surface area contributed by atoms with Gasteiger partial charge in [-0.1, -0.05) is 13.3 Å². The van der Waals surface area contributed by atoms with Gasteiger partial charge in [0.15, 0.2) is 0 Å². The Hall–Kier alpha value is -1.80. The lowest BCUT2D eigenvalue weighted by Crippen LogP contribution is -2.35. The zero-order chi connectivity index (χ0) is 16.5. The van der Waals surface area contributed by atoms with Gasteiger partial charge in [-0.2, -0.15) is 18.3 Å². The van der Waals surface area contributed by atoms with E-state index in [0.29, 0.717) is 25.0 Å². The largest absolute Gasteiger partial charge is 0.391 e. The molecule has 1 fully saturated rings. The molecule has 1 saturated carbocycles. The summed E-state index contributed by atoms with van der Waals surface area (Å²) in [5, 5.41) is 18.2. The molecule has 9 heteroatoms. The summed E-state index contributed by atoms with van der Waals surface area (Å²) in [4.78, 5) is 10.7. The molecule has 22 heavy (non-hydrogen) atoms. The predicted molar refractivity (Wildman–Crippen MR) is 74.7 cm³/mol. The van der Waals surface area contributed by atoms with Crippen molar-refractivity contribution >= 4 is 11.5 Å². The van der Waals surface area contributed by atoms with Crippen LogP contribution in [-0.4, -0.2) is 26.9 Å². The smallest absolute Gasteiger partial charge is 0.362 e. The number of halogens is 3. The molecule has 0 amide bonds. The molecule has 1 aromatic rings. The molecule has 0 saturated heterocycles. The molecular weight excluding hydrogens is 301 g/mol. The first-order valence-electron chi connectivity index (χ1n) is 7.27. The van der Waals surface area contributed by atoms with E-state index in [1.54, 1.807) is 14.0 Å². The second-order valence-electron chi connectivity index (χ2n) is 5.62. The second-order valence-corrected chi connectivity index (χ2v) is 5.62. The maximum atomic E-state index is 12.8. The molecule has 0 spiro atoms. The Kier molecular flexibility index (Phi) is 4.62. The predicted octanol–water partition coefficient (Wildman–Crippen LogP) is 3.42. The van der Waals surface area contributed by atoms with Gasteiger partial charge in [0, 0.05) is 13.1 Å². The molecule has 2 rings (SSSR count). The Balaban J connectivity index is 2.20. The molecule has 0 aromatic carbocycles. The van der Waals surface area contributed by atoms with E-state index in [-0.39, 0.29) is 24.3 Å². The number of hydrogen-bond donors (Lipinski definition) is 1. The standard InChI is InChI=1S/C13H19F3N4O2/c1-3-10-11(20(21)22)12(19(2)18-10)17-9-6-4-5-8(7-9)13(14,15)16/h8-9,17H,3-7H2,1-2H3. The van der Waals surface area contributed by atoms with Gasteiger partial charge in [0.25, 0.3) is 0 Å². The molecule has 1 N–H and O–H groups in total. The molecule has 2 unspecified atom stereocenters. The molecule has 1 aliphatic carbocycles. The maximum absolute atomic E-state index is 12.8. The Morgan fingerprint density at radius 2 is 2.14 bits per heavy atom. The Labute approximate surface area is 125 Å². The molecule has 0 aliphatic heterocycles. The maximum Gasteiger partial charge on any atom is 0.391 e. The third-order valence-electron chi connectivity index (χ3n) is 4.09. The normalized spacial score (nSPS) is 22.6. The average molecular weight is 320 g/mol. The van der Waals surface area contributed by atoms with E-state index in [0.717, 1.165) is 0 Å². The third kappa shape index (κ3) is 3.33. The van der Waals surface area contributed by atoms with Gasteiger partial charge in [-0.3, -0.25) is 10.1 Å². The zero-order valence-corrected chi connectivity index (χ0v) is 12.5. The summed E-state index contributed by atoms with van der Waals surface area (Å²) in [6, 6.07) is -0.431. The van der Waals surface area contributed by atoms with Crippen LogP contribution in [0.5, 0.6) is 0 Å². The first-order valence-corrected chi connectivity index (χ1v) is 7.27. The van der Waals surface area contributed by atoms with Crippen molar-refractivity contribution in [1.29, 1.82) is 0 Å². The minimum absolute atomic E-state index is 0.0622. The summed E-state index contributed by atoms with van der Waals surface area (Å²) >= 11 is 0. The topological polar surface area (TPSA) is 73.0 Å². The Bertz CT molecular complexity index is 556. The summed E-state index contributed by atoms with van der Waals surface area (Å²) in [5.41, 5.74) is 0.192. The summed E-state index contributed by atoms with van der Waals surface area (Å²) < 4.78 is 39.9. The van der Waals surface area contributed by atoms with E-state index >= 15 is 0 Å². The van der Waals surface area contributed by atoms with Crippen LogP contribution in [0.3, 0.4) is 0 Å². The highest BCUT2D eigenvalue weighted by Crippen LogP contribution is 2.39.